The van der Waals surface area contributed by atoms with Crippen molar-refractivity contribution in [3.63, 3.8) is 0 Å². The molecule has 0 spiro atoms. The quantitative estimate of drug-likeness (QED) is 0.779. The molecule has 0 aliphatic heterocycles. The van der Waals surface area contributed by atoms with Crippen molar-refractivity contribution in [2.75, 3.05) is 17.7 Å². The Kier molecular flexibility index (Phi) is 6.89. The second-order valence-corrected chi connectivity index (χ2v) is 3.87. The predicted molar refractivity (Wildman–Crippen MR) is 76.8 cm³/mol. The van der Waals surface area contributed by atoms with Gasteiger partial charge in [0.2, 0.25) is 11.8 Å². The lowest BCUT2D eigenvalue weighted by Gasteiger charge is -2.12. The van der Waals surface area contributed by atoms with E-state index in [0.717, 1.165) is 0 Å². The second kappa shape index (κ2) is 7.60. The van der Waals surface area contributed by atoms with Crippen molar-refractivity contribution in [3.05, 3.63) is 18.2 Å². The van der Waals surface area contributed by atoms with Crippen molar-refractivity contribution >= 4 is 35.6 Å². The number of hydrogen-bond acceptors (Lipinski definition) is 4. The highest BCUT2D eigenvalue weighted by Crippen LogP contribution is 2.27. The number of carbonyl (C=O) groups excluding carboxylic acids is 2. The molecule has 0 saturated carbocycles. The largest absolute Gasteiger partial charge is 0.495 e. The number of rotatable bonds is 4. The van der Waals surface area contributed by atoms with Crippen molar-refractivity contribution in [1.29, 1.82) is 0 Å². The van der Waals surface area contributed by atoms with Crippen LogP contribution in [0.2, 0.25) is 0 Å². The molecular formula is C12H18ClN3O3. The normalized spacial score (nSPS) is 10.9. The Morgan fingerprint density at radius 2 is 1.95 bits per heavy atom. The number of halogens is 1. The highest BCUT2D eigenvalue weighted by atomic mass is 35.5. The summed E-state index contributed by atoms with van der Waals surface area (Å²) in [5.41, 5.74) is 6.49. The van der Waals surface area contributed by atoms with Crippen LogP contribution in [-0.2, 0) is 9.59 Å². The molecule has 0 aliphatic rings. The van der Waals surface area contributed by atoms with E-state index in [-0.39, 0.29) is 24.2 Å². The van der Waals surface area contributed by atoms with E-state index >= 15 is 0 Å². The Balaban J connectivity index is 0.00000324. The molecule has 0 aliphatic carbocycles. The highest BCUT2D eigenvalue weighted by Gasteiger charge is 2.10. The third kappa shape index (κ3) is 5.15. The molecule has 19 heavy (non-hydrogen) atoms. The van der Waals surface area contributed by atoms with E-state index in [2.05, 4.69) is 10.6 Å². The molecule has 0 radical (unpaired) electrons. The maximum atomic E-state index is 11.4. The minimum Gasteiger partial charge on any atom is -0.495 e. The van der Waals surface area contributed by atoms with Crippen LogP contribution in [0.4, 0.5) is 11.4 Å². The summed E-state index contributed by atoms with van der Waals surface area (Å²) in [6, 6.07) is 4.34. The third-order valence-corrected chi connectivity index (χ3v) is 2.19. The number of hydrogen-bond donors (Lipinski definition) is 3. The maximum absolute atomic E-state index is 11.4. The zero-order valence-corrected chi connectivity index (χ0v) is 11.8. The molecule has 6 nitrogen and oxygen atoms in total. The average molecular weight is 288 g/mol. The summed E-state index contributed by atoms with van der Waals surface area (Å²) in [5.74, 6) is 0.00177. The van der Waals surface area contributed by atoms with Crippen LogP contribution in [0.25, 0.3) is 0 Å². The lowest BCUT2D eigenvalue weighted by Crippen LogP contribution is -2.32. The fourth-order valence-corrected chi connectivity index (χ4v) is 1.33. The van der Waals surface area contributed by atoms with Crippen molar-refractivity contribution in [3.8, 4) is 5.75 Å². The van der Waals surface area contributed by atoms with E-state index < -0.39 is 6.04 Å². The maximum Gasteiger partial charge on any atom is 0.240 e. The second-order valence-electron chi connectivity index (χ2n) is 3.87. The molecule has 1 aromatic carbocycles. The number of amides is 2. The fraction of sp³-hybridized carbons (Fsp3) is 0.333. The zero-order chi connectivity index (χ0) is 13.7. The van der Waals surface area contributed by atoms with E-state index in [9.17, 15) is 9.59 Å². The van der Waals surface area contributed by atoms with E-state index in [1.54, 1.807) is 25.1 Å². The SMILES string of the molecule is COc1ccc(NC(=O)[C@@H](C)N)cc1NC(C)=O.Cl. The number of nitrogens with two attached hydrogens (primary N) is 1. The monoisotopic (exact) mass is 287 g/mol. The van der Waals surface area contributed by atoms with Crippen LogP contribution in [-0.4, -0.2) is 25.0 Å². The Bertz CT molecular complexity index is 464. The Morgan fingerprint density at radius 1 is 1.32 bits per heavy atom. The van der Waals surface area contributed by atoms with Gasteiger partial charge in [-0.1, -0.05) is 0 Å². The average Bonchev–Trinajstić information content (AvgIpc) is 2.28. The van der Waals surface area contributed by atoms with Gasteiger partial charge in [0.15, 0.2) is 0 Å². The van der Waals surface area contributed by atoms with Gasteiger partial charge in [-0.15, -0.1) is 12.4 Å². The third-order valence-electron chi connectivity index (χ3n) is 2.19. The van der Waals surface area contributed by atoms with Crippen LogP contribution in [0.3, 0.4) is 0 Å². The summed E-state index contributed by atoms with van der Waals surface area (Å²) in [5, 5.41) is 5.26. The number of methoxy groups -OCH3 is 1. The first-order chi connectivity index (χ1) is 8.43. The molecular weight excluding hydrogens is 270 g/mol. The van der Waals surface area contributed by atoms with Gasteiger partial charge in [0.25, 0.3) is 0 Å². The van der Waals surface area contributed by atoms with E-state index in [4.69, 9.17) is 10.5 Å². The zero-order valence-electron chi connectivity index (χ0n) is 11.0. The van der Waals surface area contributed by atoms with Gasteiger partial charge >= 0.3 is 0 Å². The van der Waals surface area contributed by atoms with Gasteiger partial charge in [-0.05, 0) is 25.1 Å². The molecule has 7 heteroatoms. The van der Waals surface area contributed by atoms with Crippen molar-refractivity contribution < 1.29 is 14.3 Å². The van der Waals surface area contributed by atoms with Crippen LogP contribution >= 0.6 is 12.4 Å². The first-order valence-electron chi connectivity index (χ1n) is 5.46. The minimum atomic E-state index is -0.601. The number of ether oxygens (including phenoxy) is 1. The predicted octanol–water partition coefficient (Wildman–Crippen LogP) is 1.36. The van der Waals surface area contributed by atoms with E-state index in [0.29, 0.717) is 17.1 Å². The fourth-order valence-electron chi connectivity index (χ4n) is 1.33. The standard InChI is InChI=1S/C12H17N3O3.ClH/c1-7(13)12(17)15-9-4-5-11(18-3)10(6-9)14-8(2)16;/h4-7H,13H2,1-3H3,(H,14,16)(H,15,17);1H/t7-;/m1./s1. The summed E-state index contributed by atoms with van der Waals surface area (Å²) < 4.78 is 5.10. The Labute approximate surface area is 118 Å². The lowest BCUT2D eigenvalue weighted by atomic mass is 10.2. The number of carbonyl (C=O) groups is 2. The molecule has 106 valence electrons. The summed E-state index contributed by atoms with van der Waals surface area (Å²) in [6.07, 6.45) is 0. The Hall–Kier alpha value is -1.79. The minimum absolute atomic E-state index is 0. The number of nitrogens with one attached hydrogen (secondary N) is 2. The highest BCUT2D eigenvalue weighted by molar-refractivity contribution is 5.96. The van der Waals surface area contributed by atoms with Crippen LogP contribution in [0.5, 0.6) is 5.75 Å². The van der Waals surface area contributed by atoms with Crippen LogP contribution in [0.15, 0.2) is 18.2 Å². The van der Waals surface area contributed by atoms with E-state index in [1.165, 1.54) is 14.0 Å². The number of benzene rings is 1. The summed E-state index contributed by atoms with van der Waals surface area (Å²) in [4.78, 5) is 22.5. The van der Waals surface area contributed by atoms with Gasteiger partial charge in [0.1, 0.15) is 5.75 Å². The molecule has 0 bridgehead atoms. The van der Waals surface area contributed by atoms with Crippen molar-refractivity contribution in [2.45, 2.75) is 19.9 Å². The van der Waals surface area contributed by atoms with Crippen molar-refractivity contribution in [1.82, 2.24) is 0 Å². The first kappa shape index (κ1) is 17.2. The van der Waals surface area contributed by atoms with Gasteiger partial charge < -0.3 is 21.1 Å². The van der Waals surface area contributed by atoms with Gasteiger partial charge in [-0.2, -0.15) is 0 Å². The molecule has 0 unspecified atom stereocenters. The molecule has 0 heterocycles. The molecule has 1 rings (SSSR count). The van der Waals surface area contributed by atoms with Gasteiger partial charge in [0.05, 0.1) is 18.8 Å². The molecule has 1 aromatic rings. The van der Waals surface area contributed by atoms with Gasteiger partial charge in [-0.25, -0.2) is 0 Å². The molecule has 0 fully saturated rings. The van der Waals surface area contributed by atoms with Crippen LogP contribution < -0.4 is 21.1 Å². The van der Waals surface area contributed by atoms with Gasteiger partial charge in [0, 0.05) is 12.6 Å². The van der Waals surface area contributed by atoms with Crippen LogP contribution in [0.1, 0.15) is 13.8 Å². The molecule has 1 atom stereocenters. The van der Waals surface area contributed by atoms with Gasteiger partial charge in [-0.3, -0.25) is 9.59 Å². The Morgan fingerprint density at radius 3 is 2.42 bits per heavy atom. The first-order valence-corrected chi connectivity index (χ1v) is 5.46. The molecule has 0 aromatic heterocycles. The number of anilines is 2. The summed E-state index contributed by atoms with van der Waals surface area (Å²) >= 11 is 0. The van der Waals surface area contributed by atoms with E-state index in [1.807, 2.05) is 0 Å². The van der Waals surface area contributed by atoms with Crippen molar-refractivity contribution in [2.24, 2.45) is 5.73 Å². The van der Waals surface area contributed by atoms with Crippen LogP contribution in [0, 0.1) is 0 Å². The summed E-state index contributed by atoms with van der Waals surface area (Å²) in [6.45, 7) is 2.99. The molecule has 4 N–H and O–H groups in total. The smallest absolute Gasteiger partial charge is 0.240 e. The lowest BCUT2D eigenvalue weighted by molar-refractivity contribution is -0.117. The summed E-state index contributed by atoms with van der Waals surface area (Å²) in [7, 11) is 1.50. The molecule has 0 saturated heterocycles. The molecule has 2 amide bonds. The topological polar surface area (TPSA) is 93.4 Å².